The van der Waals surface area contributed by atoms with Crippen LogP contribution < -0.4 is 10.2 Å². The lowest BCUT2D eigenvalue weighted by Gasteiger charge is -2.27. The first-order chi connectivity index (χ1) is 17.3. The standard InChI is InChI=1S/C27H33N3O5S2/c1-17-11-12-18(2)21(13-17)30-22-15-37(33,34)16-23(22)36-25(30)29-24(31)20(14-19-9-7-6-8-10-19)28-26(32)35-27(3,4)5/h6-13,20,22-23H,14-16H2,1-5H3,(H,28,32)/t20-,22-,23+/m1/s1. The summed E-state index contributed by atoms with van der Waals surface area (Å²) >= 11 is 1.31. The van der Waals surface area contributed by atoms with E-state index >= 15 is 0 Å². The minimum atomic E-state index is -3.19. The molecule has 2 aromatic rings. The van der Waals surface area contributed by atoms with Crippen molar-refractivity contribution in [1.29, 1.82) is 0 Å². The van der Waals surface area contributed by atoms with Gasteiger partial charge in [-0.25, -0.2) is 13.2 Å². The molecule has 0 unspecified atom stereocenters. The van der Waals surface area contributed by atoms with Crippen LogP contribution in [0, 0.1) is 13.8 Å². The first-order valence-electron chi connectivity index (χ1n) is 12.2. The molecule has 0 aliphatic carbocycles. The van der Waals surface area contributed by atoms with Crippen LogP contribution in [-0.2, 0) is 25.8 Å². The Balaban J connectivity index is 1.68. The zero-order valence-corrected chi connectivity index (χ0v) is 23.4. The maximum absolute atomic E-state index is 13.6. The second-order valence-electron chi connectivity index (χ2n) is 10.6. The number of carbonyl (C=O) groups is 2. The Bertz CT molecular complexity index is 1320. The van der Waals surface area contributed by atoms with Crippen molar-refractivity contribution in [3.05, 3.63) is 65.2 Å². The lowest BCUT2D eigenvalue weighted by atomic mass is 10.1. The fourth-order valence-corrected chi connectivity index (χ4v) is 8.41. The molecule has 1 N–H and O–H groups in total. The van der Waals surface area contributed by atoms with Crippen molar-refractivity contribution in [2.45, 2.75) is 64.0 Å². The number of hydrogen-bond donors (Lipinski definition) is 1. The summed E-state index contributed by atoms with van der Waals surface area (Å²) in [6, 6.07) is 14.1. The molecule has 4 rings (SSSR count). The fourth-order valence-electron chi connectivity index (χ4n) is 4.50. The predicted molar refractivity (Wildman–Crippen MR) is 148 cm³/mol. The topological polar surface area (TPSA) is 105 Å². The number of benzene rings is 2. The van der Waals surface area contributed by atoms with Gasteiger partial charge < -0.3 is 15.0 Å². The molecule has 2 amide bonds. The van der Waals surface area contributed by atoms with E-state index in [0.29, 0.717) is 5.17 Å². The van der Waals surface area contributed by atoms with Crippen molar-refractivity contribution < 1.29 is 22.7 Å². The highest BCUT2D eigenvalue weighted by Crippen LogP contribution is 2.42. The van der Waals surface area contributed by atoms with Crippen molar-refractivity contribution >= 4 is 44.5 Å². The molecular weight excluding hydrogens is 510 g/mol. The summed E-state index contributed by atoms with van der Waals surface area (Å²) in [7, 11) is -3.19. The minimum Gasteiger partial charge on any atom is -0.444 e. The van der Waals surface area contributed by atoms with Gasteiger partial charge in [0.2, 0.25) is 0 Å². The molecule has 0 spiro atoms. The maximum atomic E-state index is 13.6. The van der Waals surface area contributed by atoms with E-state index in [4.69, 9.17) is 4.74 Å². The van der Waals surface area contributed by atoms with Crippen molar-refractivity contribution in [2.24, 2.45) is 4.99 Å². The highest BCUT2D eigenvalue weighted by molar-refractivity contribution is 8.16. The monoisotopic (exact) mass is 543 g/mol. The summed E-state index contributed by atoms with van der Waals surface area (Å²) < 4.78 is 30.3. The van der Waals surface area contributed by atoms with Crippen molar-refractivity contribution in [2.75, 3.05) is 16.4 Å². The van der Waals surface area contributed by atoms with Gasteiger partial charge in [0.25, 0.3) is 5.91 Å². The van der Waals surface area contributed by atoms with Crippen LogP contribution in [0.5, 0.6) is 0 Å². The number of sulfone groups is 1. The number of thioether (sulfide) groups is 1. The molecule has 10 heteroatoms. The van der Waals surface area contributed by atoms with E-state index in [1.54, 1.807) is 20.8 Å². The molecule has 2 heterocycles. The van der Waals surface area contributed by atoms with E-state index in [2.05, 4.69) is 10.3 Å². The van der Waals surface area contributed by atoms with E-state index in [1.807, 2.05) is 67.3 Å². The van der Waals surface area contributed by atoms with Gasteiger partial charge in [0.05, 0.1) is 17.5 Å². The Morgan fingerprint density at radius 1 is 1.14 bits per heavy atom. The minimum absolute atomic E-state index is 0.00879. The summed E-state index contributed by atoms with van der Waals surface area (Å²) in [6.07, 6.45) is -0.458. The van der Waals surface area contributed by atoms with E-state index in [9.17, 15) is 18.0 Å². The third kappa shape index (κ3) is 6.73. The average molecular weight is 544 g/mol. The quantitative estimate of drug-likeness (QED) is 0.607. The van der Waals surface area contributed by atoms with Crippen LogP contribution in [0.4, 0.5) is 10.5 Å². The van der Waals surface area contributed by atoms with Gasteiger partial charge in [0.1, 0.15) is 11.6 Å². The molecule has 2 fully saturated rings. The first-order valence-corrected chi connectivity index (χ1v) is 14.9. The number of aryl methyl sites for hydroxylation is 2. The molecule has 0 bridgehead atoms. The maximum Gasteiger partial charge on any atom is 0.408 e. The Kier molecular flexibility index (Phi) is 7.71. The van der Waals surface area contributed by atoms with Crippen molar-refractivity contribution in [3.63, 3.8) is 0 Å². The van der Waals surface area contributed by atoms with Gasteiger partial charge in [0.15, 0.2) is 15.0 Å². The Hall–Kier alpha value is -2.85. The first kappa shape index (κ1) is 27.2. The summed E-state index contributed by atoms with van der Waals surface area (Å²) in [4.78, 5) is 32.5. The van der Waals surface area contributed by atoms with Crippen molar-refractivity contribution in [3.8, 4) is 0 Å². The summed E-state index contributed by atoms with van der Waals surface area (Å²) in [5.74, 6) is -0.467. The third-order valence-electron chi connectivity index (χ3n) is 6.17. The molecule has 0 radical (unpaired) electrons. The Morgan fingerprint density at radius 2 is 1.84 bits per heavy atom. The number of hydrogen-bond acceptors (Lipinski definition) is 6. The van der Waals surface area contributed by atoms with Crippen molar-refractivity contribution in [1.82, 2.24) is 5.32 Å². The highest BCUT2D eigenvalue weighted by Gasteiger charge is 2.49. The molecule has 0 saturated carbocycles. The zero-order valence-electron chi connectivity index (χ0n) is 21.7. The molecule has 2 aliphatic rings. The second-order valence-corrected chi connectivity index (χ2v) is 13.9. The van der Waals surface area contributed by atoms with Crippen LogP contribution in [0.25, 0.3) is 0 Å². The van der Waals surface area contributed by atoms with E-state index in [0.717, 1.165) is 22.4 Å². The number of nitrogens with zero attached hydrogens (tertiary/aromatic N) is 2. The summed E-state index contributed by atoms with van der Waals surface area (Å²) in [5.41, 5.74) is 2.96. The number of anilines is 1. The molecule has 2 aliphatic heterocycles. The van der Waals surface area contributed by atoms with E-state index in [-0.39, 0.29) is 29.2 Å². The highest BCUT2D eigenvalue weighted by atomic mass is 32.2. The Labute approximate surface area is 222 Å². The van der Waals surface area contributed by atoms with Crippen LogP contribution in [0.15, 0.2) is 53.5 Å². The molecule has 198 valence electrons. The normalized spacial score (nSPS) is 22.5. The number of aliphatic imine (C=N–C) groups is 1. The second kappa shape index (κ2) is 10.5. The molecule has 3 atom stereocenters. The van der Waals surface area contributed by atoms with Gasteiger partial charge in [-0.05, 0) is 57.4 Å². The van der Waals surface area contributed by atoms with Gasteiger partial charge >= 0.3 is 6.09 Å². The lowest BCUT2D eigenvalue weighted by Crippen LogP contribution is -2.45. The number of alkyl carbamates (subject to hydrolysis) is 1. The number of amides is 2. The number of ether oxygens (including phenoxy) is 1. The smallest absolute Gasteiger partial charge is 0.408 e. The number of nitrogens with one attached hydrogen (secondary N) is 1. The summed E-state index contributed by atoms with van der Waals surface area (Å²) in [5, 5.41) is 2.92. The van der Waals surface area contributed by atoms with Crippen LogP contribution in [0.1, 0.15) is 37.5 Å². The SMILES string of the molecule is Cc1ccc(C)c(N2C(=NC(=O)[C@@H](Cc3ccccc3)NC(=O)OC(C)(C)C)S[C@H]3CS(=O)(=O)C[C@H]32)c1. The number of amidine groups is 1. The van der Waals surface area contributed by atoms with Gasteiger partial charge in [-0.1, -0.05) is 54.2 Å². The molecule has 8 nitrogen and oxygen atoms in total. The number of carbonyl (C=O) groups excluding carboxylic acids is 2. The number of rotatable bonds is 5. The predicted octanol–water partition coefficient (Wildman–Crippen LogP) is 4.04. The average Bonchev–Trinajstić information content (AvgIpc) is 3.25. The van der Waals surface area contributed by atoms with Gasteiger partial charge in [0, 0.05) is 17.4 Å². The van der Waals surface area contributed by atoms with Crippen LogP contribution in [-0.4, -0.2) is 60.0 Å². The molecule has 37 heavy (non-hydrogen) atoms. The molecule has 2 saturated heterocycles. The zero-order chi connectivity index (χ0) is 27.0. The van der Waals surface area contributed by atoms with Crippen LogP contribution >= 0.6 is 11.8 Å². The van der Waals surface area contributed by atoms with Crippen LogP contribution in [0.3, 0.4) is 0 Å². The van der Waals surface area contributed by atoms with Gasteiger partial charge in [-0.15, -0.1) is 0 Å². The molecule has 0 aromatic heterocycles. The van der Waals surface area contributed by atoms with Crippen LogP contribution in [0.2, 0.25) is 0 Å². The van der Waals surface area contributed by atoms with E-state index < -0.39 is 33.5 Å². The molecule has 2 aromatic carbocycles. The summed E-state index contributed by atoms with van der Waals surface area (Å²) in [6.45, 7) is 9.19. The van der Waals surface area contributed by atoms with E-state index in [1.165, 1.54) is 11.8 Å². The Morgan fingerprint density at radius 3 is 2.51 bits per heavy atom. The fraction of sp³-hybridized carbons (Fsp3) is 0.444. The largest absolute Gasteiger partial charge is 0.444 e. The molecular formula is C27H33N3O5S2. The lowest BCUT2D eigenvalue weighted by molar-refractivity contribution is -0.119. The third-order valence-corrected chi connectivity index (χ3v) is 9.38. The van der Waals surface area contributed by atoms with Gasteiger partial charge in [-0.2, -0.15) is 4.99 Å². The van der Waals surface area contributed by atoms with Gasteiger partial charge in [-0.3, -0.25) is 4.79 Å². The number of fused-ring (bicyclic) bond motifs is 1.